The highest BCUT2D eigenvalue weighted by atomic mass is 79.9. The summed E-state index contributed by atoms with van der Waals surface area (Å²) in [6.07, 6.45) is 1.44. The van der Waals surface area contributed by atoms with Crippen molar-refractivity contribution in [1.29, 1.82) is 0 Å². The molecule has 2 aromatic carbocycles. The summed E-state index contributed by atoms with van der Waals surface area (Å²) in [7, 11) is 0. The molecule has 0 bridgehead atoms. The maximum absolute atomic E-state index is 12.4. The van der Waals surface area contributed by atoms with Crippen LogP contribution in [0.1, 0.15) is 64.5 Å². The first-order valence-corrected chi connectivity index (χ1v) is 12.7. The maximum Gasteiger partial charge on any atom is 0.410 e. The Bertz CT molecular complexity index is 996. The maximum atomic E-state index is 12.4. The summed E-state index contributed by atoms with van der Waals surface area (Å²) in [5, 5.41) is 7.99. The number of halogens is 2. The Hall–Kier alpha value is -1.92. The summed E-state index contributed by atoms with van der Waals surface area (Å²) in [5.41, 5.74) is 5.05. The number of carbonyl (C=O) groups excluding carboxylic acids is 1. The second kappa shape index (κ2) is 10.6. The molecule has 1 amide bonds. The Kier molecular flexibility index (Phi) is 8.22. The van der Waals surface area contributed by atoms with E-state index in [0.717, 1.165) is 34.4 Å². The Morgan fingerprint density at radius 1 is 1.18 bits per heavy atom. The lowest BCUT2D eigenvalue weighted by Crippen LogP contribution is -2.44. The van der Waals surface area contributed by atoms with Crippen molar-refractivity contribution >= 4 is 50.7 Å². The average Bonchev–Trinajstić information content (AvgIpc) is 2.72. The van der Waals surface area contributed by atoms with E-state index in [0.29, 0.717) is 24.0 Å². The van der Waals surface area contributed by atoms with Crippen LogP contribution in [0.5, 0.6) is 0 Å². The fourth-order valence-electron chi connectivity index (χ4n) is 4.00. The Labute approximate surface area is 211 Å². The van der Waals surface area contributed by atoms with Crippen molar-refractivity contribution in [3.8, 4) is 0 Å². The molecule has 3 rings (SSSR count). The van der Waals surface area contributed by atoms with Crippen molar-refractivity contribution in [2.45, 2.75) is 71.9 Å². The van der Waals surface area contributed by atoms with Crippen LogP contribution in [0, 0.1) is 6.92 Å². The van der Waals surface area contributed by atoms with Crippen LogP contribution in [-0.2, 0) is 4.74 Å². The fraction of sp³-hybridized carbons (Fsp3) is 0.500. The summed E-state index contributed by atoms with van der Waals surface area (Å²) in [4.78, 5) is 14.2. The molecule has 33 heavy (non-hydrogen) atoms. The minimum absolute atomic E-state index is 0.239. The van der Waals surface area contributed by atoms with E-state index in [-0.39, 0.29) is 12.1 Å². The van der Waals surface area contributed by atoms with Gasteiger partial charge >= 0.3 is 6.09 Å². The van der Waals surface area contributed by atoms with Crippen LogP contribution in [0.15, 0.2) is 34.8 Å². The summed E-state index contributed by atoms with van der Waals surface area (Å²) in [6, 6.07) is 10.6. The lowest BCUT2D eigenvalue weighted by molar-refractivity contribution is 0.0210. The van der Waals surface area contributed by atoms with E-state index in [1.807, 2.05) is 32.9 Å². The molecule has 0 aliphatic carbocycles. The van der Waals surface area contributed by atoms with Gasteiger partial charge < -0.3 is 20.3 Å². The number of hydrogen-bond donors (Lipinski definition) is 2. The number of carbonyl (C=O) groups is 1. The van der Waals surface area contributed by atoms with Crippen molar-refractivity contribution < 1.29 is 9.53 Å². The van der Waals surface area contributed by atoms with Crippen molar-refractivity contribution in [3.05, 3.63) is 51.0 Å². The summed E-state index contributed by atoms with van der Waals surface area (Å²) in [6.45, 7) is 13.5. The van der Waals surface area contributed by atoms with Gasteiger partial charge in [-0.2, -0.15) is 0 Å². The van der Waals surface area contributed by atoms with Gasteiger partial charge in [0.25, 0.3) is 0 Å². The summed E-state index contributed by atoms with van der Waals surface area (Å²) >= 11 is 10.0. The number of amides is 1. The molecule has 5 nitrogen and oxygen atoms in total. The van der Waals surface area contributed by atoms with E-state index in [1.54, 1.807) is 4.90 Å². The van der Waals surface area contributed by atoms with Gasteiger partial charge in [-0.25, -0.2) is 4.79 Å². The van der Waals surface area contributed by atoms with Crippen LogP contribution >= 0.6 is 27.5 Å². The topological polar surface area (TPSA) is 53.6 Å². The number of anilines is 3. The van der Waals surface area contributed by atoms with E-state index in [9.17, 15) is 4.79 Å². The van der Waals surface area contributed by atoms with E-state index < -0.39 is 5.60 Å². The van der Waals surface area contributed by atoms with Gasteiger partial charge in [0.05, 0.1) is 16.4 Å². The smallest absolute Gasteiger partial charge is 0.410 e. The highest BCUT2D eigenvalue weighted by molar-refractivity contribution is 9.10. The fourth-order valence-corrected chi connectivity index (χ4v) is 4.51. The van der Waals surface area contributed by atoms with Gasteiger partial charge in [0, 0.05) is 29.3 Å². The number of piperidine rings is 1. The van der Waals surface area contributed by atoms with Crippen molar-refractivity contribution in [2.75, 3.05) is 23.7 Å². The zero-order chi connectivity index (χ0) is 24.3. The lowest BCUT2D eigenvalue weighted by Gasteiger charge is -2.34. The van der Waals surface area contributed by atoms with Crippen LogP contribution < -0.4 is 10.6 Å². The minimum Gasteiger partial charge on any atom is -0.444 e. The normalized spacial score (nSPS) is 15.0. The number of nitrogens with one attached hydrogen (secondary N) is 2. The van der Waals surface area contributed by atoms with Gasteiger partial charge in [-0.15, -0.1) is 0 Å². The van der Waals surface area contributed by atoms with E-state index >= 15 is 0 Å². The molecule has 0 atom stereocenters. The Balaban J connectivity index is 1.77. The number of aryl methyl sites for hydroxylation is 1. The highest BCUT2D eigenvalue weighted by Crippen LogP contribution is 2.38. The average molecular weight is 537 g/mol. The quantitative estimate of drug-likeness (QED) is 0.405. The summed E-state index contributed by atoms with van der Waals surface area (Å²) < 4.78 is 6.36. The first-order chi connectivity index (χ1) is 15.4. The molecule has 180 valence electrons. The van der Waals surface area contributed by atoms with Crippen LogP contribution in [0.25, 0.3) is 0 Å². The summed E-state index contributed by atoms with van der Waals surface area (Å²) in [5.74, 6) is 0.400. The first-order valence-electron chi connectivity index (χ1n) is 11.5. The molecule has 1 saturated heterocycles. The van der Waals surface area contributed by atoms with Crippen LogP contribution in [0.2, 0.25) is 5.02 Å². The van der Waals surface area contributed by atoms with E-state index in [1.165, 1.54) is 11.1 Å². The van der Waals surface area contributed by atoms with Crippen molar-refractivity contribution in [1.82, 2.24) is 4.90 Å². The van der Waals surface area contributed by atoms with Crippen LogP contribution in [0.4, 0.5) is 21.9 Å². The molecule has 1 heterocycles. The van der Waals surface area contributed by atoms with Gasteiger partial charge in [-0.3, -0.25) is 0 Å². The highest BCUT2D eigenvalue weighted by Gasteiger charge is 2.27. The third-order valence-corrected chi connectivity index (χ3v) is 6.95. The molecular formula is C26H35BrClN3O2. The third-order valence-electron chi connectivity index (χ3n) is 5.75. The number of ether oxygens (including phenoxy) is 1. The lowest BCUT2D eigenvalue weighted by atomic mass is 9.98. The van der Waals surface area contributed by atoms with E-state index in [4.69, 9.17) is 16.3 Å². The second-order valence-electron chi connectivity index (χ2n) is 10.0. The molecule has 0 unspecified atom stereocenters. The monoisotopic (exact) mass is 535 g/mol. The zero-order valence-corrected chi connectivity index (χ0v) is 22.7. The number of rotatable bonds is 5. The van der Waals surface area contributed by atoms with Crippen LogP contribution in [0.3, 0.4) is 0 Å². The number of likely N-dealkylation sites (tertiary alicyclic amines) is 1. The van der Waals surface area contributed by atoms with Gasteiger partial charge in [0.2, 0.25) is 0 Å². The molecule has 1 aliphatic rings. The van der Waals surface area contributed by atoms with Gasteiger partial charge in [-0.1, -0.05) is 43.6 Å². The number of nitrogens with zero attached hydrogens (tertiary/aromatic N) is 1. The van der Waals surface area contributed by atoms with Crippen molar-refractivity contribution in [3.63, 3.8) is 0 Å². The van der Waals surface area contributed by atoms with Crippen LogP contribution in [-0.4, -0.2) is 35.7 Å². The Morgan fingerprint density at radius 3 is 2.45 bits per heavy atom. The van der Waals surface area contributed by atoms with E-state index in [2.05, 4.69) is 65.5 Å². The molecule has 0 saturated carbocycles. The SMILES string of the molecule is Cc1cccc(C(C)C)c1Nc1cc(Br)c(Cl)cc1NC1CCN(C(=O)OC(C)(C)C)CC1. The Morgan fingerprint density at radius 2 is 1.85 bits per heavy atom. The largest absolute Gasteiger partial charge is 0.444 e. The first kappa shape index (κ1) is 25.7. The number of hydrogen-bond acceptors (Lipinski definition) is 4. The second-order valence-corrected chi connectivity index (χ2v) is 11.3. The predicted molar refractivity (Wildman–Crippen MR) is 142 cm³/mol. The van der Waals surface area contributed by atoms with Gasteiger partial charge in [0.15, 0.2) is 0 Å². The molecule has 2 aromatic rings. The predicted octanol–water partition coefficient (Wildman–Crippen LogP) is 8.09. The minimum atomic E-state index is -0.481. The van der Waals surface area contributed by atoms with Gasteiger partial charge in [-0.05, 0) is 85.6 Å². The molecule has 0 aromatic heterocycles. The number of benzene rings is 2. The molecule has 1 fully saturated rings. The molecule has 2 N–H and O–H groups in total. The zero-order valence-electron chi connectivity index (χ0n) is 20.4. The van der Waals surface area contributed by atoms with Crippen molar-refractivity contribution in [2.24, 2.45) is 0 Å². The van der Waals surface area contributed by atoms with Gasteiger partial charge in [0.1, 0.15) is 5.60 Å². The molecule has 1 aliphatic heterocycles. The third kappa shape index (κ3) is 6.80. The standard InChI is InChI=1S/C26H35BrClN3O2/c1-16(2)19-9-7-8-17(3)24(19)30-22-14-20(27)21(28)15-23(22)29-18-10-12-31(13-11-18)25(32)33-26(4,5)6/h7-9,14-16,18,29-30H,10-13H2,1-6H3. The molecule has 0 radical (unpaired) electrons. The molecule has 0 spiro atoms. The molecule has 7 heteroatoms. The number of para-hydroxylation sites is 1. The molecular weight excluding hydrogens is 502 g/mol.